The van der Waals surface area contributed by atoms with Gasteiger partial charge in [-0.2, -0.15) is 13.2 Å². The summed E-state index contributed by atoms with van der Waals surface area (Å²) in [6.07, 6.45) is -3.93. The van der Waals surface area contributed by atoms with E-state index in [1.807, 2.05) is 44.2 Å². The van der Waals surface area contributed by atoms with E-state index in [0.717, 1.165) is 29.2 Å². The van der Waals surface area contributed by atoms with Crippen molar-refractivity contribution in [2.45, 2.75) is 33.0 Å². The molecule has 0 atom stereocenters. The first kappa shape index (κ1) is 20.4. The van der Waals surface area contributed by atoms with Crippen LogP contribution in [0.1, 0.15) is 29.2 Å². The fourth-order valence-corrected chi connectivity index (χ4v) is 3.22. The van der Waals surface area contributed by atoms with E-state index >= 15 is 0 Å². The van der Waals surface area contributed by atoms with Crippen LogP contribution in [-0.4, -0.2) is 4.57 Å². The Morgan fingerprint density at radius 3 is 2.24 bits per heavy atom. The Morgan fingerprint density at radius 1 is 1.03 bits per heavy atom. The zero-order valence-electron chi connectivity index (χ0n) is 16.0. The second kappa shape index (κ2) is 7.96. The SMILES string of the molecule is [C-]#[N+]c1c(C(F)(F)F)cc(-c2cccc(C)c2)n(Cc2ccc(CC)cc2)c1=O. The average molecular weight is 396 g/mol. The smallest absolute Gasteiger partial charge is 0.313 e. The number of hydrogen-bond acceptors (Lipinski definition) is 1. The van der Waals surface area contributed by atoms with Gasteiger partial charge in [0.2, 0.25) is 0 Å². The van der Waals surface area contributed by atoms with Crippen molar-refractivity contribution >= 4 is 5.69 Å². The van der Waals surface area contributed by atoms with Gasteiger partial charge in [0.1, 0.15) is 0 Å². The van der Waals surface area contributed by atoms with Gasteiger partial charge in [0.05, 0.1) is 12.1 Å². The van der Waals surface area contributed by atoms with E-state index in [4.69, 9.17) is 6.57 Å². The molecule has 1 aromatic heterocycles. The van der Waals surface area contributed by atoms with Crippen molar-refractivity contribution in [3.8, 4) is 11.3 Å². The normalized spacial score (nSPS) is 11.3. The summed E-state index contributed by atoms with van der Waals surface area (Å²) < 4.78 is 41.9. The van der Waals surface area contributed by atoms with Crippen LogP contribution in [0.2, 0.25) is 0 Å². The molecule has 6 heteroatoms. The molecule has 3 rings (SSSR count). The molecular weight excluding hydrogens is 377 g/mol. The molecule has 0 radical (unpaired) electrons. The van der Waals surface area contributed by atoms with Gasteiger partial charge in [-0.15, -0.1) is 0 Å². The minimum absolute atomic E-state index is 0.0762. The maximum atomic E-state index is 13.5. The van der Waals surface area contributed by atoms with Crippen molar-refractivity contribution in [3.05, 3.63) is 98.6 Å². The topological polar surface area (TPSA) is 26.4 Å². The predicted octanol–water partition coefficient (Wildman–Crippen LogP) is 6.00. The highest BCUT2D eigenvalue weighted by Crippen LogP contribution is 2.37. The predicted molar refractivity (Wildman–Crippen MR) is 107 cm³/mol. The van der Waals surface area contributed by atoms with E-state index in [9.17, 15) is 18.0 Å². The number of benzene rings is 2. The van der Waals surface area contributed by atoms with E-state index in [-0.39, 0.29) is 12.2 Å². The van der Waals surface area contributed by atoms with Crippen molar-refractivity contribution in [2.75, 3.05) is 0 Å². The highest BCUT2D eigenvalue weighted by Gasteiger charge is 2.36. The number of alkyl halides is 3. The van der Waals surface area contributed by atoms with Gasteiger partial charge in [0.25, 0.3) is 11.2 Å². The Kier molecular flexibility index (Phi) is 5.60. The first-order chi connectivity index (χ1) is 13.7. The van der Waals surface area contributed by atoms with E-state index in [1.54, 1.807) is 18.2 Å². The minimum atomic E-state index is -4.79. The molecule has 3 aromatic rings. The van der Waals surface area contributed by atoms with Crippen molar-refractivity contribution in [1.29, 1.82) is 0 Å². The lowest BCUT2D eigenvalue weighted by Crippen LogP contribution is -2.25. The highest BCUT2D eigenvalue weighted by molar-refractivity contribution is 5.66. The average Bonchev–Trinajstić information content (AvgIpc) is 2.69. The van der Waals surface area contributed by atoms with Crippen LogP contribution in [-0.2, 0) is 19.1 Å². The number of hydrogen-bond donors (Lipinski definition) is 0. The minimum Gasteiger partial charge on any atom is -0.313 e. The molecule has 0 aliphatic carbocycles. The van der Waals surface area contributed by atoms with Crippen LogP contribution < -0.4 is 5.56 Å². The van der Waals surface area contributed by atoms with E-state index in [2.05, 4.69) is 4.85 Å². The molecule has 3 nitrogen and oxygen atoms in total. The molecule has 29 heavy (non-hydrogen) atoms. The van der Waals surface area contributed by atoms with Crippen molar-refractivity contribution in [2.24, 2.45) is 0 Å². The zero-order chi connectivity index (χ0) is 21.2. The summed E-state index contributed by atoms with van der Waals surface area (Å²) in [7, 11) is 0. The molecule has 0 saturated heterocycles. The van der Waals surface area contributed by atoms with Crippen LogP contribution in [0.5, 0.6) is 0 Å². The number of pyridine rings is 1. The largest absolute Gasteiger partial charge is 0.407 e. The fourth-order valence-electron chi connectivity index (χ4n) is 3.22. The van der Waals surface area contributed by atoms with Crippen molar-refractivity contribution in [3.63, 3.8) is 0 Å². The monoisotopic (exact) mass is 396 g/mol. The Hall–Kier alpha value is -3.33. The number of rotatable bonds is 4. The number of aryl methyl sites for hydroxylation is 2. The Labute approximate surface area is 166 Å². The molecule has 2 aromatic carbocycles. The van der Waals surface area contributed by atoms with Gasteiger partial charge < -0.3 is 4.57 Å². The summed E-state index contributed by atoms with van der Waals surface area (Å²) in [4.78, 5) is 15.8. The standard InChI is InChI=1S/C23H19F3N2O/c1-4-16-8-10-17(11-9-16)14-28-20(18-7-5-6-15(2)12-18)13-19(23(24,25)26)21(27-3)22(28)29/h5-13H,4,14H2,1-2H3. The van der Waals surface area contributed by atoms with Gasteiger partial charge in [0, 0.05) is 12.2 Å². The maximum Gasteiger partial charge on any atom is 0.407 e. The van der Waals surface area contributed by atoms with E-state index in [0.29, 0.717) is 5.56 Å². The first-order valence-electron chi connectivity index (χ1n) is 9.12. The van der Waals surface area contributed by atoms with Crippen LogP contribution in [0, 0.1) is 13.5 Å². The lowest BCUT2D eigenvalue weighted by atomic mass is 10.0. The Morgan fingerprint density at radius 2 is 1.69 bits per heavy atom. The number of nitrogens with zero attached hydrogens (tertiary/aromatic N) is 2. The van der Waals surface area contributed by atoms with E-state index in [1.165, 1.54) is 4.57 Å². The third-order valence-electron chi connectivity index (χ3n) is 4.78. The molecule has 148 valence electrons. The first-order valence-corrected chi connectivity index (χ1v) is 9.12. The van der Waals surface area contributed by atoms with Crippen LogP contribution in [0.15, 0.2) is 59.4 Å². The van der Waals surface area contributed by atoms with Crippen molar-refractivity contribution < 1.29 is 13.2 Å². The van der Waals surface area contributed by atoms with Gasteiger partial charge in [-0.1, -0.05) is 55.0 Å². The summed E-state index contributed by atoms with van der Waals surface area (Å²) in [5.74, 6) is 0. The highest BCUT2D eigenvalue weighted by atomic mass is 19.4. The zero-order valence-corrected chi connectivity index (χ0v) is 16.0. The number of halogens is 3. The molecule has 0 N–H and O–H groups in total. The molecule has 0 fully saturated rings. The molecular formula is C23H19F3N2O. The van der Waals surface area contributed by atoms with Gasteiger partial charge >= 0.3 is 6.18 Å². The van der Waals surface area contributed by atoms with Gasteiger partial charge in [-0.3, -0.25) is 4.79 Å². The molecule has 0 amide bonds. The number of aromatic nitrogens is 1. The second-order valence-electron chi connectivity index (χ2n) is 6.83. The van der Waals surface area contributed by atoms with Crippen molar-refractivity contribution in [1.82, 2.24) is 4.57 Å². The summed E-state index contributed by atoms with van der Waals surface area (Å²) >= 11 is 0. The lowest BCUT2D eigenvalue weighted by molar-refractivity contribution is -0.136. The molecule has 0 aliphatic rings. The van der Waals surface area contributed by atoms with Gasteiger partial charge in [-0.05, 0) is 42.2 Å². The third-order valence-corrected chi connectivity index (χ3v) is 4.78. The second-order valence-corrected chi connectivity index (χ2v) is 6.83. The summed E-state index contributed by atoms with van der Waals surface area (Å²) in [6, 6.07) is 15.4. The van der Waals surface area contributed by atoms with Crippen LogP contribution in [0.25, 0.3) is 16.1 Å². The van der Waals surface area contributed by atoms with Crippen LogP contribution in [0.3, 0.4) is 0 Å². The third kappa shape index (κ3) is 4.24. The van der Waals surface area contributed by atoms with Crippen LogP contribution in [0.4, 0.5) is 18.9 Å². The molecule has 0 saturated carbocycles. The van der Waals surface area contributed by atoms with Gasteiger partial charge in [0.15, 0.2) is 0 Å². The quantitative estimate of drug-likeness (QED) is 0.497. The maximum absolute atomic E-state index is 13.5. The van der Waals surface area contributed by atoms with E-state index < -0.39 is 23.0 Å². The molecule has 0 aliphatic heterocycles. The summed E-state index contributed by atoms with van der Waals surface area (Å²) in [5.41, 5.74) is 0.337. The Balaban J connectivity index is 2.27. The Bertz CT molecular complexity index is 1140. The molecule has 0 bridgehead atoms. The summed E-state index contributed by atoms with van der Waals surface area (Å²) in [5, 5.41) is 0. The molecule has 0 spiro atoms. The van der Waals surface area contributed by atoms with Gasteiger partial charge in [-0.25, -0.2) is 4.85 Å². The molecule has 1 heterocycles. The lowest BCUT2D eigenvalue weighted by Gasteiger charge is -2.18. The van der Waals surface area contributed by atoms with Crippen LogP contribution >= 0.6 is 0 Å². The fraction of sp³-hybridized carbons (Fsp3) is 0.217. The molecule has 0 unspecified atom stereocenters. The summed E-state index contributed by atoms with van der Waals surface area (Å²) in [6.45, 7) is 11.1.